The molecule has 2 heteroatoms. The van der Waals surface area contributed by atoms with Crippen LogP contribution in [0.25, 0.3) is 99.1 Å². The first-order valence-electron chi connectivity index (χ1n) is 21.9. The molecule has 12 rings (SSSR count). The maximum atomic E-state index is 6.30. The smallest absolute Gasteiger partial charge is 0.136 e. The molecule has 300 valence electrons. The second-order valence-corrected chi connectivity index (χ2v) is 16.5. The lowest BCUT2D eigenvalue weighted by Gasteiger charge is -2.29. The van der Waals surface area contributed by atoms with Crippen LogP contribution in [0.5, 0.6) is 0 Å². The molecule has 0 fully saturated rings. The zero-order chi connectivity index (χ0) is 42.4. The van der Waals surface area contributed by atoms with Gasteiger partial charge in [-0.05, 0) is 126 Å². The average molecular weight is 816 g/mol. The van der Waals surface area contributed by atoms with E-state index in [9.17, 15) is 0 Å². The Morgan fingerprint density at radius 1 is 0.266 bits per heavy atom. The van der Waals surface area contributed by atoms with Crippen molar-refractivity contribution in [2.45, 2.75) is 0 Å². The third kappa shape index (κ3) is 6.70. The lowest BCUT2D eigenvalue weighted by Crippen LogP contribution is -2.11. The molecular weight excluding hydrogens is 775 g/mol. The minimum Gasteiger partial charge on any atom is -0.456 e. The van der Waals surface area contributed by atoms with Gasteiger partial charge in [0, 0.05) is 27.7 Å². The molecule has 0 aliphatic rings. The van der Waals surface area contributed by atoms with Gasteiger partial charge in [0.05, 0.1) is 5.69 Å². The first-order chi connectivity index (χ1) is 31.7. The first kappa shape index (κ1) is 37.3. The number of fused-ring (bicyclic) bond motifs is 5. The second-order valence-electron chi connectivity index (χ2n) is 16.5. The highest BCUT2D eigenvalue weighted by Crippen LogP contribution is 2.45. The third-order valence-corrected chi connectivity index (χ3v) is 12.7. The van der Waals surface area contributed by atoms with E-state index in [-0.39, 0.29) is 0 Å². The summed E-state index contributed by atoms with van der Waals surface area (Å²) >= 11 is 0. The number of anilines is 3. The summed E-state index contributed by atoms with van der Waals surface area (Å²) in [6, 6.07) is 89.8. The summed E-state index contributed by atoms with van der Waals surface area (Å²) in [6.07, 6.45) is 0. The Kier molecular flexibility index (Phi) is 9.20. The summed E-state index contributed by atoms with van der Waals surface area (Å²) in [7, 11) is 0. The van der Waals surface area contributed by atoms with Gasteiger partial charge in [0.1, 0.15) is 11.2 Å². The molecule has 0 aliphatic carbocycles. The average Bonchev–Trinajstić information content (AvgIpc) is 3.76. The standard InChI is InChI=1S/C62H41NO/c1-2-14-45(15-3-1)56-38-33-51(55-23-11-18-44-16-6-7-21-54(44)55)41-59(56)63(53-36-31-46(32-37-53)57-24-12-26-61-62(57)58-22-8-9-25-60(58)64-61)52-34-29-43(30-35-52)48-19-10-20-49(39-48)50-28-27-42-13-4-5-17-47(42)40-50/h1-41H. The Labute approximate surface area is 372 Å². The zero-order valence-electron chi connectivity index (χ0n) is 35.0. The van der Waals surface area contributed by atoms with Crippen LogP contribution in [0, 0.1) is 0 Å². The number of benzene rings is 11. The number of furan rings is 1. The van der Waals surface area contributed by atoms with Crippen molar-refractivity contribution < 1.29 is 4.42 Å². The molecule has 0 bridgehead atoms. The van der Waals surface area contributed by atoms with E-state index in [2.05, 4.69) is 241 Å². The fraction of sp³-hybridized carbons (Fsp3) is 0. The van der Waals surface area contributed by atoms with Gasteiger partial charge in [-0.3, -0.25) is 0 Å². The molecule has 0 unspecified atom stereocenters. The van der Waals surface area contributed by atoms with Crippen molar-refractivity contribution >= 4 is 60.5 Å². The molecule has 0 aliphatic heterocycles. The van der Waals surface area contributed by atoms with Crippen LogP contribution in [0.1, 0.15) is 0 Å². The molecule has 64 heavy (non-hydrogen) atoms. The van der Waals surface area contributed by atoms with Gasteiger partial charge < -0.3 is 9.32 Å². The maximum absolute atomic E-state index is 6.30. The Morgan fingerprint density at radius 3 is 1.61 bits per heavy atom. The minimum absolute atomic E-state index is 0.894. The van der Waals surface area contributed by atoms with Crippen molar-refractivity contribution in [1.82, 2.24) is 0 Å². The fourth-order valence-corrected chi connectivity index (χ4v) is 9.51. The predicted molar refractivity (Wildman–Crippen MR) is 271 cm³/mol. The molecule has 0 N–H and O–H groups in total. The van der Waals surface area contributed by atoms with Crippen LogP contribution in [0.15, 0.2) is 253 Å². The summed E-state index contributed by atoms with van der Waals surface area (Å²) in [5.74, 6) is 0. The van der Waals surface area contributed by atoms with Crippen LogP contribution < -0.4 is 4.90 Å². The van der Waals surface area contributed by atoms with Crippen LogP contribution in [-0.2, 0) is 0 Å². The van der Waals surface area contributed by atoms with E-state index in [1.807, 2.05) is 12.1 Å². The predicted octanol–water partition coefficient (Wildman–Crippen LogP) is 17.7. The van der Waals surface area contributed by atoms with Gasteiger partial charge in [0.15, 0.2) is 0 Å². The largest absolute Gasteiger partial charge is 0.456 e. The van der Waals surface area contributed by atoms with Gasteiger partial charge in [0.2, 0.25) is 0 Å². The van der Waals surface area contributed by atoms with Crippen molar-refractivity contribution in [3.05, 3.63) is 249 Å². The Bertz CT molecular complexity index is 3650. The molecule has 0 radical (unpaired) electrons. The number of nitrogens with zero attached hydrogens (tertiary/aromatic N) is 1. The van der Waals surface area contributed by atoms with Gasteiger partial charge in [-0.15, -0.1) is 0 Å². The van der Waals surface area contributed by atoms with Gasteiger partial charge in [-0.25, -0.2) is 0 Å². The summed E-state index contributed by atoms with van der Waals surface area (Å²) in [5, 5.41) is 7.21. The highest BCUT2D eigenvalue weighted by molar-refractivity contribution is 6.12. The molecule has 0 spiro atoms. The molecule has 11 aromatic carbocycles. The summed E-state index contributed by atoms with van der Waals surface area (Å²) < 4.78 is 6.30. The van der Waals surface area contributed by atoms with Crippen LogP contribution in [0.3, 0.4) is 0 Å². The van der Waals surface area contributed by atoms with E-state index in [0.717, 1.165) is 72.4 Å². The maximum Gasteiger partial charge on any atom is 0.136 e. The molecule has 0 amide bonds. The van der Waals surface area contributed by atoms with Crippen molar-refractivity contribution in [2.24, 2.45) is 0 Å². The van der Waals surface area contributed by atoms with Crippen molar-refractivity contribution in [2.75, 3.05) is 4.90 Å². The van der Waals surface area contributed by atoms with E-state index in [1.54, 1.807) is 0 Å². The molecule has 2 nitrogen and oxygen atoms in total. The van der Waals surface area contributed by atoms with E-state index in [1.165, 1.54) is 43.8 Å². The van der Waals surface area contributed by atoms with Gasteiger partial charge >= 0.3 is 0 Å². The Hall–Kier alpha value is -8.46. The zero-order valence-corrected chi connectivity index (χ0v) is 35.0. The number of hydrogen-bond acceptors (Lipinski definition) is 2. The second kappa shape index (κ2) is 15.8. The molecule has 1 aromatic heterocycles. The van der Waals surface area contributed by atoms with E-state index in [4.69, 9.17) is 4.42 Å². The first-order valence-corrected chi connectivity index (χ1v) is 21.9. The minimum atomic E-state index is 0.894. The van der Waals surface area contributed by atoms with Crippen molar-refractivity contribution in [3.63, 3.8) is 0 Å². The molecule has 0 saturated heterocycles. The Balaban J connectivity index is 1.01. The van der Waals surface area contributed by atoms with Crippen molar-refractivity contribution in [3.8, 4) is 55.6 Å². The summed E-state index contributed by atoms with van der Waals surface area (Å²) in [6.45, 7) is 0. The van der Waals surface area contributed by atoms with E-state index >= 15 is 0 Å². The van der Waals surface area contributed by atoms with Gasteiger partial charge in [-0.1, -0.05) is 194 Å². The topological polar surface area (TPSA) is 16.4 Å². The van der Waals surface area contributed by atoms with Crippen molar-refractivity contribution in [1.29, 1.82) is 0 Å². The quantitative estimate of drug-likeness (QED) is 0.152. The lowest BCUT2D eigenvalue weighted by atomic mass is 9.93. The molecule has 0 atom stereocenters. The highest BCUT2D eigenvalue weighted by Gasteiger charge is 2.20. The van der Waals surface area contributed by atoms with E-state index < -0.39 is 0 Å². The number of rotatable bonds is 8. The Morgan fingerprint density at radius 2 is 0.797 bits per heavy atom. The molecule has 0 saturated carbocycles. The lowest BCUT2D eigenvalue weighted by molar-refractivity contribution is 0.669. The highest BCUT2D eigenvalue weighted by atomic mass is 16.3. The summed E-state index contributed by atoms with van der Waals surface area (Å²) in [5.41, 5.74) is 16.7. The van der Waals surface area contributed by atoms with Crippen LogP contribution >= 0.6 is 0 Å². The molecule has 1 heterocycles. The summed E-state index contributed by atoms with van der Waals surface area (Å²) in [4.78, 5) is 2.42. The molecular formula is C62H41NO. The SMILES string of the molecule is c1ccc(-c2ccc(-c3cccc4ccccc34)cc2N(c2ccc(-c3cccc(-c4ccc5ccccc5c4)c3)cc2)c2ccc(-c3cccc4oc5ccccc5c34)cc2)cc1. The molecule has 12 aromatic rings. The van der Waals surface area contributed by atoms with Crippen LogP contribution in [0.4, 0.5) is 17.1 Å². The monoisotopic (exact) mass is 815 g/mol. The van der Waals surface area contributed by atoms with Gasteiger partial charge in [0.25, 0.3) is 0 Å². The van der Waals surface area contributed by atoms with E-state index in [0.29, 0.717) is 0 Å². The normalized spacial score (nSPS) is 11.4. The fourth-order valence-electron chi connectivity index (χ4n) is 9.51. The van der Waals surface area contributed by atoms with Gasteiger partial charge in [-0.2, -0.15) is 0 Å². The number of para-hydroxylation sites is 1. The number of hydrogen-bond donors (Lipinski definition) is 0. The third-order valence-electron chi connectivity index (χ3n) is 12.7. The van der Waals surface area contributed by atoms with Crippen LogP contribution in [0.2, 0.25) is 0 Å². The van der Waals surface area contributed by atoms with Crippen LogP contribution in [-0.4, -0.2) is 0 Å².